The number of aromatic amines is 1. The highest BCUT2D eigenvalue weighted by molar-refractivity contribution is 7.80. The predicted molar refractivity (Wildman–Crippen MR) is 139 cm³/mol. The molecule has 4 rings (SSSR count). The van der Waals surface area contributed by atoms with Gasteiger partial charge in [-0.15, -0.1) is 12.6 Å². The minimum atomic E-state index is 0.193. The number of hydrogen-bond donors (Lipinski definition) is 5. The average molecular weight is 501 g/mol. The largest absolute Gasteiger partial charge is 0.360 e. The summed E-state index contributed by atoms with van der Waals surface area (Å²) in [5.41, 5.74) is 7.34. The van der Waals surface area contributed by atoms with E-state index >= 15 is 0 Å². The molecule has 0 radical (unpaired) electrons. The van der Waals surface area contributed by atoms with Crippen molar-refractivity contribution in [3.05, 3.63) is 53.4 Å². The summed E-state index contributed by atoms with van der Waals surface area (Å²) in [6.45, 7) is 4.27. The van der Waals surface area contributed by atoms with Crippen LogP contribution in [-0.2, 0) is 11.3 Å². The van der Waals surface area contributed by atoms with Gasteiger partial charge in [0.15, 0.2) is 0 Å². The third-order valence-corrected chi connectivity index (χ3v) is 5.71. The zero-order chi connectivity index (χ0) is 25.1. The number of aromatic nitrogens is 2. The maximum Gasteiger partial charge on any atom is 0.210 e. The van der Waals surface area contributed by atoms with Gasteiger partial charge in [-0.1, -0.05) is 17.7 Å². The maximum atomic E-state index is 10.3. The van der Waals surface area contributed by atoms with Crippen LogP contribution in [0.15, 0.2) is 47.6 Å². The van der Waals surface area contributed by atoms with Crippen molar-refractivity contribution in [1.82, 2.24) is 19.4 Å². The summed E-state index contributed by atoms with van der Waals surface area (Å²) in [5, 5.41) is 24.7. The number of H-pyrrole nitrogens is 1. The number of rotatable bonds is 5. The Morgan fingerprint density at radius 1 is 1.35 bits per heavy atom. The fourth-order valence-electron chi connectivity index (χ4n) is 3.14. The Bertz CT molecular complexity index is 1150. The van der Waals surface area contributed by atoms with Crippen LogP contribution in [0.25, 0.3) is 10.9 Å². The standard InChI is InChI=1S/C9H13N3.C8H6ClNS.C6H10N4O/c1-8(11)4-6-12-5-2-3-9(12)7-10;9-5-4-10-6-2-1-3-7(11)8(5)6;7-4-10-2-1-9(5-11)3-6(10)8/h2-3,5,8H,4,6,11H2,1H3;1-4,10-11H;4-5,7-8H,1-3H2. The van der Waals surface area contributed by atoms with E-state index in [-0.39, 0.29) is 6.04 Å². The second-order valence-corrected chi connectivity index (χ2v) is 8.53. The molecule has 0 bridgehead atoms. The van der Waals surface area contributed by atoms with E-state index in [9.17, 15) is 4.79 Å². The summed E-state index contributed by atoms with van der Waals surface area (Å²) in [6, 6.07) is 11.8. The SMILES string of the molecule is CC(N)CCn1cccc1C#N.N=CN1CCN(C=O)CC1=N.Sc1cccc2[nH]cc(Cl)c12. The number of benzene rings is 1. The fourth-order valence-corrected chi connectivity index (χ4v) is 3.79. The summed E-state index contributed by atoms with van der Waals surface area (Å²) in [7, 11) is 0. The third-order valence-electron chi connectivity index (χ3n) is 5.04. The van der Waals surface area contributed by atoms with Crippen molar-refractivity contribution < 1.29 is 4.79 Å². The summed E-state index contributed by atoms with van der Waals surface area (Å²) in [4.78, 5) is 17.2. The normalized spacial score (nSPS) is 13.8. The second kappa shape index (κ2) is 13.4. The first-order chi connectivity index (χ1) is 16.3. The molecule has 9 nitrogen and oxygen atoms in total. The van der Waals surface area contributed by atoms with Crippen LogP contribution in [0, 0.1) is 22.1 Å². The topological polar surface area (TPSA) is 142 Å². The number of amides is 1. The number of nitrogens with one attached hydrogen (secondary N) is 3. The van der Waals surface area contributed by atoms with Crippen LogP contribution in [0.3, 0.4) is 0 Å². The van der Waals surface area contributed by atoms with E-state index < -0.39 is 0 Å². The molecule has 0 aliphatic carbocycles. The van der Waals surface area contributed by atoms with Gasteiger partial charge in [-0.2, -0.15) is 5.26 Å². The van der Waals surface area contributed by atoms with Crippen molar-refractivity contribution in [1.29, 1.82) is 16.1 Å². The lowest BCUT2D eigenvalue weighted by Gasteiger charge is -2.30. The molecule has 1 aliphatic rings. The summed E-state index contributed by atoms with van der Waals surface area (Å²) in [6.07, 6.45) is 6.43. The Hall–Kier alpha value is -3.26. The average Bonchev–Trinajstić information content (AvgIpc) is 3.45. The van der Waals surface area contributed by atoms with Gasteiger partial charge >= 0.3 is 0 Å². The number of hydrogen-bond acceptors (Lipinski definition) is 6. The minimum absolute atomic E-state index is 0.193. The molecule has 1 unspecified atom stereocenters. The number of fused-ring (bicyclic) bond motifs is 1. The van der Waals surface area contributed by atoms with Crippen LogP contribution < -0.4 is 5.73 Å². The number of aryl methyl sites for hydroxylation is 1. The van der Waals surface area contributed by atoms with Crippen molar-refractivity contribution in [2.75, 3.05) is 19.6 Å². The molecule has 1 aromatic carbocycles. The van der Waals surface area contributed by atoms with Gasteiger partial charge in [-0.25, -0.2) is 0 Å². The molecule has 180 valence electrons. The zero-order valence-corrected chi connectivity index (χ0v) is 20.6. The summed E-state index contributed by atoms with van der Waals surface area (Å²) < 4.78 is 1.92. The number of nitrogens with two attached hydrogens (primary N) is 1. The molecule has 3 aromatic rings. The van der Waals surface area contributed by atoms with Crippen LogP contribution in [0.1, 0.15) is 19.0 Å². The lowest BCUT2D eigenvalue weighted by atomic mass is 10.2. The van der Waals surface area contributed by atoms with E-state index in [2.05, 4.69) is 23.7 Å². The summed E-state index contributed by atoms with van der Waals surface area (Å²) in [5.74, 6) is 0.304. The second-order valence-electron chi connectivity index (χ2n) is 7.65. The fraction of sp³-hybridized carbons (Fsp3) is 0.304. The number of carbonyl (C=O) groups is 1. The van der Waals surface area contributed by atoms with Crippen molar-refractivity contribution in [2.45, 2.75) is 30.8 Å². The van der Waals surface area contributed by atoms with Crippen LogP contribution >= 0.6 is 24.2 Å². The lowest BCUT2D eigenvalue weighted by molar-refractivity contribution is -0.118. The van der Waals surface area contributed by atoms with Crippen molar-refractivity contribution in [3.63, 3.8) is 0 Å². The molecule has 0 saturated carbocycles. The third kappa shape index (κ3) is 7.66. The smallest absolute Gasteiger partial charge is 0.210 e. The number of amidine groups is 1. The molecule has 1 aliphatic heterocycles. The Morgan fingerprint density at radius 3 is 2.71 bits per heavy atom. The van der Waals surface area contributed by atoms with Gasteiger partial charge in [-0.05, 0) is 37.6 Å². The van der Waals surface area contributed by atoms with Crippen LogP contribution in [0.4, 0.5) is 0 Å². The number of carbonyl (C=O) groups excluding carboxylic acids is 1. The molecule has 5 N–H and O–H groups in total. The summed E-state index contributed by atoms with van der Waals surface area (Å²) >= 11 is 10.2. The van der Waals surface area contributed by atoms with Crippen LogP contribution in [0.2, 0.25) is 5.02 Å². The van der Waals surface area contributed by atoms with Gasteiger partial charge in [0.2, 0.25) is 6.41 Å². The number of nitriles is 1. The molecule has 11 heteroatoms. The van der Waals surface area contributed by atoms with Gasteiger partial charge in [0, 0.05) is 53.9 Å². The van der Waals surface area contributed by atoms with E-state index in [0.717, 1.165) is 46.5 Å². The number of halogens is 1. The molecule has 1 saturated heterocycles. The Kier molecular flexibility index (Phi) is 10.7. The Morgan fingerprint density at radius 2 is 2.12 bits per heavy atom. The highest BCUT2D eigenvalue weighted by atomic mass is 35.5. The highest BCUT2D eigenvalue weighted by Gasteiger charge is 2.17. The number of thiol groups is 1. The lowest BCUT2D eigenvalue weighted by Crippen LogP contribution is -2.48. The van der Waals surface area contributed by atoms with E-state index in [1.807, 2.05) is 42.0 Å². The van der Waals surface area contributed by atoms with Crippen molar-refractivity contribution in [2.24, 2.45) is 5.73 Å². The Labute approximate surface area is 209 Å². The monoisotopic (exact) mass is 500 g/mol. The first-order valence-corrected chi connectivity index (χ1v) is 11.4. The van der Waals surface area contributed by atoms with E-state index in [0.29, 0.717) is 31.2 Å². The quantitative estimate of drug-likeness (QED) is 0.158. The molecule has 1 fully saturated rings. The van der Waals surface area contributed by atoms with Gasteiger partial charge < -0.3 is 25.1 Å². The number of nitrogens with zero attached hydrogens (tertiary/aromatic N) is 4. The van der Waals surface area contributed by atoms with Crippen molar-refractivity contribution >= 4 is 53.7 Å². The van der Waals surface area contributed by atoms with E-state index in [1.165, 1.54) is 9.80 Å². The molecular formula is C23H29ClN8OS. The van der Waals surface area contributed by atoms with Gasteiger partial charge in [-0.3, -0.25) is 15.6 Å². The molecule has 2 aromatic heterocycles. The van der Waals surface area contributed by atoms with E-state index in [4.69, 9.17) is 33.4 Å². The van der Waals surface area contributed by atoms with Gasteiger partial charge in [0.25, 0.3) is 0 Å². The van der Waals surface area contributed by atoms with E-state index in [1.54, 1.807) is 12.3 Å². The maximum absolute atomic E-state index is 10.3. The molecule has 34 heavy (non-hydrogen) atoms. The van der Waals surface area contributed by atoms with Crippen molar-refractivity contribution in [3.8, 4) is 6.07 Å². The van der Waals surface area contributed by atoms with Crippen LogP contribution in [0.5, 0.6) is 0 Å². The predicted octanol–water partition coefficient (Wildman–Crippen LogP) is 3.55. The molecule has 1 amide bonds. The minimum Gasteiger partial charge on any atom is -0.360 e. The molecule has 0 spiro atoms. The van der Waals surface area contributed by atoms with Crippen LogP contribution in [-0.4, -0.2) is 63.6 Å². The highest BCUT2D eigenvalue weighted by Crippen LogP contribution is 2.28. The zero-order valence-electron chi connectivity index (χ0n) is 18.9. The molecule has 1 atom stereocenters. The molecular weight excluding hydrogens is 472 g/mol. The first kappa shape index (κ1) is 27.0. The van der Waals surface area contributed by atoms with Gasteiger partial charge in [0.1, 0.15) is 17.6 Å². The first-order valence-electron chi connectivity index (χ1n) is 10.6. The van der Waals surface area contributed by atoms with Gasteiger partial charge in [0.05, 0.1) is 17.9 Å². The number of piperazine rings is 1. The Balaban J connectivity index is 0.000000180. The molecule has 3 heterocycles.